The second kappa shape index (κ2) is 9.75. The topological polar surface area (TPSA) is 140 Å². The first-order valence-electron chi connectivity index (χ1n) is 10.4. The van der Waals surface area contributed by atoms with E-state index in [0.717, 1.165) is 0 Å². The van der Waals surface area contributed by atoms with Gasteiger partial charge in [-0.25, -0.2) is 34.4 Å². The van der Waals surface area contributed by atoms with E-state index in [2.05, 4.69) is 25.3 Å². The summed E-state index contributed by atoms with van der Waals surface area (Å²) >= 11 is 0. The average molecular weight is 444 g/mol. The third kappa shape index (κ3) is 6.02. The molecule has 0 aromatic carbocycles. The molecule has 2 heterocycles. The number of hydrogen-bond acceptors (Lipinski definition) is 8. The molecule has 1 saturated carbocycles. The van der Waals surface area contributed by atoms with Crippen LogP contribution in [-0.4, -0.2) is 62.0 Å². The Morgan fingerprint density at radius 2 is 1.53 bits per heavy atom. The molecule has 32 heavy (non-hydrogen) atoms. The van der Waals surface area contributed by atoms with E-state index in [9.17, 15) is 14.7 Å². The molecule has 0 radical (unpaired) electrons. The summed E-state index contributed by atoms with van der Waals surface area (Å²) in [6, 6.07) is -0.0884. The zero-order valence-electron chi connectivity index (χ0n) is 18.6. The van der Waals surface area contributed by atoms with Gasteiger partial charge >= 0.3 is 18.2 Å². The van der Waals surface area contributed by atoms with Crippen molar-refractivity contribution in [1.82, 2.24) is 25.3 Å². The number of rotatable bonds is 5. The summed E-state index contributed by atoms with van der Waals surface area (Å²) in [4.78, 5) is 41.8. The van der Waals surface area contributed by atoms with Crippen LogP contribution in [-0.2, 0) is 4.74 Å². The maximum atomic E-state index is 12.0. The highest BCUT2D eigenvalue weighted by Gasteiger charge is 2.32. The predicted octanol–water partition coefficient (Wildman–Crippen LogP) is 3.26. The Kier molecular flexibility index (Phi) is 7.06. The van der Waals surface area contributed by atoms with Gasteiger partial charge in [0.05, 0.1) is 7.11 Å². The fourth-order valence-electron chi connectivity index (χ4n) is 3.52. The molecule has 1 aliphatic rings. The van der Waals surface area contributed by atoms with Crippen molar-refractivity contribution >= 4 is 18.1 Å². The Balaban J connectivity index is 1.63. The van der Waals surface area contributed by atoms with E-state index >= 15 is 0 Å². The number of nitrogens with one attached hydrogen (secondary N) is 1. The molecule has 172 valence electrons. The molecule has 1 aliphatic carbocycles. The van der Waals surface area contributed by atoms with Crippen molar-refractivity contribution in [2.75, 3.05) is 12.0 Å². The molecule has 3 rings (SSSR count). The van der Waals surface area contributed by atoms with E-state index in [1.54, 1.807) is 45.6 Å². The summed E-state index contributed by atoms with van der Waals surface area (Å²) in [7, 11) is 1.48. The molecule has 1 fully saturated rings. The first-order chi connectivity index (χ1) is 15.2. The molecule has 0 spiro atoms. The number of methoxy groups -OCH3 is 1. The smallest absolute Gasteiger partial charge is 0.414 e. The van der Waals surface area contributed by atoms with Crippen LogP contribution in [0.3, 0.4) is 0 Å². The number of ether oxygens (including phenoxy) is 2. The normalized spacial score (nSPS) is 18.5. The van der Waals surface area contributed by atoms with Crippen molar-refractivity contribution in [2.45, 2.75) is 64.1 Å². The number of aromatic nitrogens is 4. The molecule has 2 N–H and O–H groups in total. The summed E-state index contributed by atoms with van der Waals surface area (Å²) in [6.45, 7) is 5.42. The van der Waals surface area contributed by atoms with Gasteiger partial charge < -0.3 is 19.9 Å². The standard InChI is InChI=1S/C21H28N6O5/c1-21(2,3)32-19(28)26-15-5-7-16(8-6-15)27(20(29)30)17-22-9-13(10-23-17)14-11-24-18(31-4)25-12-14/h9-12,15-16H,5-8H2,1-4H3,(H,26,28)(H,29,30)/t15-,16-. The number of nitrogens with zero attached hydrogens (tertiary/aromatic N) is 5. The van der Waals surface area contributed by atoms with Crippen molar-refractivity contribution in [2.24, 2.45) is 0 Å². The minimum absolute atomic E-state index is 0.0601. The molecule has 11 nitrogen and oxygen atoms in total. The van der Waals surface area contributed by atoms with Gasteiger partial charge in [-0.1, -0.05) is 0 Å². The zero-order chi connectivity index (χ0) is 23.3. The van der Waals surface area contributed by atoms with E-state index in [4.69, 9.17) is 9.47 Å². The summed E-state index contributed by atoms with van der Waals surface area (Å²) < 4.78 is 10.2. The number of alkyl carbamates (subject to hydrolysis) is 1. The van der Waals surface area contributed by atoms with Crippen LogP contribution in [0.2, 0.25) is 0 Å². The molecule has 11 heteroatoms. The molecule has 0 saturated heterocycles. The third-order valence-electron chi connectivity index (χ3n) is 4.99. The molecule has 2 aromatic rings. The van der Waals surface area contributed by atoms with Crippen LogP contribution in [0.5, 0.6) is 6.01 Å². The maximum Gasteiger partial charge on any atom is 0.414 e. The first kappa shape index (κ1) is 23.2. The second-order valence-electron chi connectivity index (χ2n) is 8.53. The largest absolute Gasteiger partial charge is 0.467 e. The van der Waals surface area contributed by atoms with Crippen LogP contribution >= 0.6 is 0 Å². The van der Waals surface area contributed by atoms with Crippen LogP contribution < -0.4 is 15.0 Å². The summed E-state index contributed by atoms with van der Waals surface area (Å²) in [5.74, 6) is 0.110. The minimum Gasteiger partial charge on any atom is -0.467 e. The SMILES string of the molecule is COc1ncc(-c2cnc(N(C(=O)O)[C@H]3CC[C@H](NC(=O)OC(C)(C)C)CC3)nc2)cn1. The van der Waals surface area contributed by atoms with Gasteiger partial charge in [0.1, 0.15) is 5.60 Å². The molecular weight excluding hydrogens is 416 g/mol. The molecule has 0 aliphatic heterocycles. The molecule has 0 bridgehead atoms. The van der Waals surface area contributed by atoms with Crippen molar-refractivity contribution in [1.29, 1.82) is 0 Å². The van der Waals surface area contributed by atoms with E-state index in [-0.39, 0.29) is 24.0 Å². The van der Waals surface area contributed by atoms with Crippen molar-refractivity contribution in [3.8, 4) is 17.1 Å². The summed E-state index contributed by atoms with van der Waals surface area (Å²) in [5.41, 5.74) is 0.781. The van der Waals surface area contributed by atoms with Crippen LogP contribution in [0.1, 0.15) is 46.5 Å². The van der Waals surface area contributed by atoms with Gasteiger partial charge in [-0.15, -0.1) is 0 Å². The van der Waals surface area contributed by atoms with Gasteiger partial charge in [0.15, 0.2) is 0 Å². The van der Waals surface area contributed by atoms with Crippen LogP contribution in [0.25, 0.3) is 11.1 Å². The number of carboxylic acid groups (broad SMARTS) is 1. The zero-order valence-corrected chi connectivity index (χ0v) is 18.6. The van der Waals surface area contributed by atoms with Gasteiger partial charge in [-0.3, -0.25) is 0 Å². The second-order valence-corrected chi connectivity index (χ2v) is 8.53. The van der Waals surface area contributed by atoms with Gasteiger partial charge in [-0.05, 0) is 46.5 Å². The lowest BCUT2D eigenvalue weighted by Gasteiger charge is -2.34. The summed E-state index contributed by atoms with van der Waals surface area (Å²) in [5, 5.41) is 12.6. The Bertz CT molecular complexity index is 921. The Morgan fingerprint density at radius 1 is 1.00 bits per heavy atom. The quantitative estimate of drug-likeness (QED) is 0.711. The van der Waals surface area contributed by atoms with Crippen molar-refractivity contribution in [3.05, 3.63) is 24.8 Å². The molecule has 0 unspecified atom stereocenters. The van der Waals surface area contributed by atoms with E-state index < -0.39 is 17.8 Å². The maximum absolute atomic E-state index is 12.0. The number of anilines is 1. The molecular formula is C21H28N6O5. The summed E-state index contributed by atoms with van der Waals surface area (Å²) in [6.07, 6.45) is 7.08. The number of carbonyl (C=O) groups is 2. The third-order valence-corrected chi connectivity index (χ3v) is 4.99. The Labute approximate surface area is 186 Å². The van der Waals surface area contributed by atoms with Crippen LogP contribution in [0.4, 0.5) is 15.5 Å². The van der Waals surface area contributed by atoms with Gasteiger partial charge in [0.2, 0.25) is 5.95 Å². The monoisotopic (exact) mass is 444 g/mol. The highest BCUT2D eigenvalue weighted by atomic mass is 16.6. The lowest BCUT2D eigenvalue weighted by Crippen LogP contribution is -2.47. The Morgan fingerprint density at radius 3 is 2.00 bits per heavy atom. The van der Waals surface area contributed by atoms with Crippen LogP contribution in [0.15, 0.2) is 24.8 Å². The fraction of sp³-hybridized carbons (Fsp3) is 0.524. The number of amides is 2. The van der Waals surface area contributed by atoms with Gasteiger partial charge in [0.25, 0.3) is 0 Å². The van der Waals surface area contributed by atoms with E-state index in [1.807, 2.05) is 0 Å². The van der Waals surface area contributed by atoms with Gasteiger partial charge in [0, 0.05) is 48.0 Å². The lowest BCUT2D eigenvalue weighted by molar-refractivity contribution is 0.0490. The van der Waals surface area contributed by atoms with E-state index in [1.165, 1.54) is 12.0 Å². The minimum atomic E-state index is -1.12. The predicted molar refractivity (Wildman–Crippen MR) is 116 cm³/mol. The molecule has 0 atom stereocenters. The lowest BCUT2D eigenvalue weighted by atomic mass is 9.90. The van der Waals surface area contributed by atoms with Crippen molar-refractivity contribution in [3.63, 3.8) is 0 Å². The first-order valence-corrected chi connectivity index (χ1v) is 10.4. The average Bonchev–Trinajstić information content (AvgIpc) is 2.74. The molecule has 2 aromatic heterocycles. The number of hydrogen-bond donors (Lipinski definition) is 2. The van der Waals surface area contributed by atoms with Gasteiger partial charge in [-0.2, -0.15) is 0 Å². The number of carbonyl (C=O) groups excluding carboxylic acids is 1. The van der Waals surface area contributed by atoms with Crippen molar-refractivity contribution < 1.29 is 24.2 Å². The molecule has 2 amide bonds. The Hall–Kier alpha value is -3.50. The fourth-order valence-corrected chi connectivity index (χ4v) is 3.52. The van der Waals surface area contributed by atoms with Crippen LogP contribution in [0, 0.1) is 0 Å². The highest BCUT2D eigenvalue weighted by molar-refractivity contribution is 5.84. The highest BCUT2D eigenvalue weighted by Crippen LogP contribution is 2.27. The van der Waals surface area contributed by atoms with E-state index in [0.29, 0.717) is 36.8 Å².